The number of rotatable bonds is 5. The molecule has 0 unspecified atom stereocenters. The van der Waals surface area contributed by atoms with Crippen molar-refractivity contribution in [2.75, 3.05) is 18.4 Å². The third-order valence-electron chi connectivity index (χ3n) is 5.25. The summed E-state index contributed by atoms with van der Waals surface area (Å²) in [4.78, 5) is 17.6. The topological polar surface area (TPSA) is 79.4 Å². The summed E-state index contributed by atoms with van der Waals surface area (Å²) in [7, 11) is -3.67. The zero-order chi connectivity index (χ0) is 22.0. The van der Waals surface area contributed by atoms with Crippen molar-refractivity contribution in [2.45, 2.75) is 24.7 Å². The zero-order valence-electron chi connectivity index (χ0n) is 16.9. The van der Waals surface area contributed by atoms with E-state index >= 15 is 0 Å². The smallest absolute Gasteiger partial charge is 0.243 e. The van der Waals surface area contributed by atoms with E-state index in [1.807, 2.05) is 36.6 Å². The number of nitrogens with zero attached hydrogens (tertiary/aromatic N) is 2. The molecule has 0 aliphatic carbocycles. The molecular weight excluding hydrogens is 454 g/mol. The molecule has 2 heterocycles. The number of piperidine rings is 1. The summed E-state index contributed by atoms with van der Waals surface area (Å²) in [5.41, 5.74) is 2.47. The van der Waals surface area contributed by atoms with Gasteiger partial charge in [-0.2, -0.15) is 4.31 Å². The number of thiazole rings is 1. The molecule has 162 valence electrons. The van der Waals surface area contributed by atoms with Crippen molar-refractivity contribution in [1.29, 1.82) is 0 Å². The van der Waals surface area contributed by atoms with Crippen LogP contribution >= 0.6 is 22.9 Å². The fourth-order valence-corrected chi connectivity index (χ4v) is 5.90. The number of sulfonamides is 1. The molecule has 1 aliphatic heterocycles. The quantitative estimate of drug-likeness (QED) is 0.574. The number of halogens is 1. The molecular formula is C22H22ClN3O3S2. The summed E-state index contributed by atoms with van der Waals surface area (Å²) in [6.07, 6.45) is 1.27. The lowest BCUT2D eigenvalue weighted by molar-refractivity contribution is -0.120. The summed E-state index contributed by atoms with van der Waals surface area (Å²) in [6.45, 7) is 2.50. The first-order chi connectivity index (χ1) is 14.8. The Morgan fingerprint density at radius 1 is 1.23 bits per heavy atom. The van der Waals surface area contributed by atoms with Gasteiger partial charge in [0.1, 0.15) is 0 Å². The highest BCUT2D eigenvalue weighted by molar-refractivity contribution is 7.89. The fourth-order valence-electron chi connectivity index (χ4n) is 3.63. The van der Waals surface area contributed by atoms with Crippen LogP contribution in [0.15, 0.2) is 58.8 Å². The fraction of sp³-hybridized carbons (Fsp3) is 0.273. The Kier molecular flexibility index (Phi) is 6.43. The lowest BCUT2D eigenvalue weighted by Crippen LogP contribution is -2.43. The number of anilines is 1. The van der Waals surface area contributed by atoms with Crippen LogP contribution in [0.2, 0.25) is 5.02 Å². The standard InChI is InChI=1S/C22H22ClN3O3S2/c1-15-24-21(14-30-15)16-4-2-6-19(12-16)25-22(27)17-5-3-11-26(13-17)31(28,29)20-9-7-18(23)8-10-20/h2,4,6-10,12,14,17H,3,5,11,13H2,1H3,(H,25,27)/t17-/m0/s1. The number of aryl methyl sites for hydroxylation is 1. The van der Waals surface area contributed by atoms with Crippen LogP contribution in [0, 0.1) is 12.8 Å². The summed E-state index contributed by atoms with van der Waals surface area (Å²) < 4.78 is 27.3. The van der Waals surface area contributed by atoms with Crippen LogP contribution in [0.3, 0.4) is 0 Å². The van der Waals surface area contributed by atoms with Crippen LogP contribution in [0.5, 0.6) is 0 Å². The van der Waals surface area contributed by atoms with Gasteiger partial charge in [0.25, 0.3) is 0 Å². The third kappa shape index (κ3) is 4.98. The lowest BCUT2D eigenvalue weighted by atomic mass is 9.98. The predicted molar refractivity (Wildman–Crippen MR) is 124 cm³/mol. The molecule has 6 nitrogen and oxygen atoms in total. The van der Waals surface area contributed by atoms with E-state index in [-0.39, 0.29) is 17.3 Å². The highest BCUT2D eigenvalue weighted by Gasteiger charge is 2.33. The van der Waals surface area contributed by atoms with E-state index in [0.29, 0.717) is 30.1 Å². The number of hydrogen-bond acceptors (Lipinski definition) is 5. The molecule has 1 aliphatic rings. The third-order valence-corrected chi connectivity index (χ3v) is 8.16. The number of amides is 1. The van der Waals surface area contributed by atoms with Crippen LogP contribution in [0.4, 0.5) is 5.69 Å². The van der Waals surface area contributed by atoms with Crippen molar-refractivity contribution in [3.8, 4) is 11.3 Å². The highest BCUT2D eigenvalue weighted by Crippen LogP contribution is 2.27. The first-order valence-corrected chi connectivity index (χ1v) is 12.6. The highest BCUT2D eigenvalue weighted by atomic mass is 35.5. The van der Waals surface area contributed by atoms with Gasteiger partial charge in [0.05, 0.1) is 21.5 Å². The Hall–Kier alpha value is -2.26. The second-order valence-electron chi connectivity index (χ2n) is 7.48. The largest absolute Gasteiger partial charge is 0.326 e. The second kappa shape index (κ2) is 9.08. The number of carbonyl (C=O) groups excluding carboxylic acids is 1. The molecule has 1 atom stereocenters. The Labute approximate surface area is 190 Å². The van der Waals surface area contributed by atoms with Crippen molar-refractivity contribution < 1.29 is 13.2 Å². The van der Waals surface area contributed by atoms with E-state index in [9.17, 15) is 13.2 Å². The van der Waals surface area contributed by atoms with Crippen LogP contribution < -0.4 is 5.32 Å². The molecule has 4 rings (SSSR count). The monoisotopic (exact) mass is 475 g/mol. The summed E-state index contributed by atoms with van der Waals surface area (Å²) >= 11 is 7.45. The minimum Gasteiger partial charge on any atom is -0.326 e. The first-order valence-electron chi connectivity index (χ1n) is 9.92. The minimum absolute atomic E-state index is 0.155. The molecule has 31 heavy (non-hydrogen) atoms. The molecule has 1 N–H and O–H groups in total. The normalized spacial score (nSPS) is 17.4. The molecule has 3 aromatic rings. The zero-order valence-corrected chi connectivity index (χ0v) is 19.3. The number of carbonyl (C=O) groups is 1. The molecule has 1 aromatic heterocycles. The number of nitrogens with one attached hydrogen (secondary N) is 1. The Balaban J connectivity index is 1.46. The van der Waals surface area contributed by atoms with Crippen LogP contribution in [0.1, 0.15) is 17.8 Å². The van der Waals surface area contributed by atoms with E-state index in [2.05, 4.69) is 10.3 Å². The first kappa shape index (κ1) is 22.0. The maximum absolute atomic E-state index is 13.0. The summed E-state index contributed by atoms with van der Waals surface area (Å²) in [6, 6.07) is 13.6. The van der Waals surface area contributed by atoms with Gasteiger partial charge in [0.15, 0.2) is 0 Å². The van der Waals surface area contributed by atoms with Crippen molar-refractivity contribution in [1.82, 2.24) is 9.29 Å². The molecule has 2 aromatic carbocycles. The van der Waals surface area contributed by atoms with Crippen molar-refractivity contribution in [2.24, 2.45) is 5.92 Å². The Bertz CT molecular complexity index is 1190. The molecule has 0 bridgehead atoms. The number of aromatic nitrogens is 1. The van der Waals surface area contributed by atoms with Crippen molar-refractivity contribution in [3.05, 3.63) is 63.9 Å². The maximum atomic E-state index is 13.0. The number of hydrogen-bond donors (Lipinski definition) is 1. The number of benzene rings is 2. The van der Waals surface area contributed by atoms with Gasteiger partial charge in [-0.25, -0.2) is 13.4 Å². The molecule has 0 saturated carbocycles. The van der Waals surface area contributed by atoms with E-state index in [1.165, 1.54) is 16.4 Å². The minimum atomic E-state index is -3.67. The van der Waals surface area contributed by atoms with Crippen molar-refractivity contribution >= 4 is 44.6 Å². The lowest BCUT2D eigenvalue weighted by Gasteiger charge is -2.31. The Morgan fingerprint density at radius 2 is 2.00 bits per heavy atom. The maximum Gasteiger partial charge on any atom is 0.243 e. The van der Waals surface area contributed by atoms with E-state index in [1.54, 1.807) is 23.5 Å². The molecule has 9 heteroatoms. The Morgan fingerprint density at radius 3 is 2.71 bits per heavy atom. The van der Waals surface area contributed by atoms with Crippen molar-refractivity contribution in [3.63, 3.8) is 0 Å². The predicted octanol–water partition coefficient (Wildman–Crippen LogP) is 4.81. The van der Waals surface area contributed by atoms with Gasteiger partial charge in [-0.1, -0.05) is 23.7 Å². The van der Waals surface area contributed by atoms with Gasteiger partial charge in [-0.3, -0.25) is 4.79 Å². The van der Waals surface area contributed by atoms with E-state index in [0.717, 1.165) is 16.3 Å². The van der Waals surface area contributed by atoms with Crippen LogP contribution in [0.25, 0.3) is 11.3 Å². The molecule has 1 fully saturated rings. The van der Waals surface area contributed by atoms with Gasteiger partial charge in [0, 0.05) is 34.7 Å². The van der Waals surface area contributed by atoms with E-state index in [4.69, 9.17) is 11.6 Å². The second-order valence-corrected chi connectivity index (χ2v) is 10.9. The van der Waals surface area contributed by atoms with Gasteiger partial charge >= 0.3 is 0 Å². The van der Waals surface area contributed by atoms with Crippen LogP contribution in [-0.4, -0.2) is 36.7 Å². The average Bonchev–Trinajstić information content (AvgIpc) is 3.21. The molecule has 0 radical (unpaired) electrons. The van der Waals surface area contributed by atoms with Crippen LogP contribution in [-0.2, 0) is 14.8 Å². The SMILES string of the molecule is Cc1nc(-c2cccc(NC(=O)[C@H]3CCCN(S(=O)(=O)c4ccc(Cl)cc4)C3)c2)cs1. The van der Waals surface area contributed by atoms with Gasteiger partial charge in [0.2, 0.25) is 15.9 Å². The molecule has 1 amide bonds. The average molecular weight is 476 g/mol. The molecule has 1 saturated heterocycles. The van der Waals surface area contributed by atoms with Gasteiger partial charge in [-0.05, 0) is 56.2 Å². The van der Waals surface area contributed by atoms with Gasteiger partial charge in [-0.15, -0.1) is 11.3 Å². The van der Waals surface area contributed by atoms with Gasteiger partial charge < -0.3 is 5.32 Å². The summed E-state index contributed by atoms with van der Waals surface area (Å²) in [5, 5.41) is 6.39. The summed E-state index contributed by atoms with van der Waals surface area (Å²) in [5.74, 6) is -0.594. The van der Waals surface area contributed by atoms with E-state index < -0.39 is 15.9 Å². The molecule has 0 spiro atoms.